The van der Waals surface area contributed by atoms with E-state index in [1.54, 1.807) is 0 Å². The Morgan fingerprint density at radius 3 is 2.27 bits per heavy atom. The number of fused-ring (bicyclic) bond motifs is 2. The molecule has 2 rings (SSSR count). The number of likely N-dealkylation sites (tertiary alicyclic amines) is 1. The Kier molecular flexibility index (Phi) is 3.03. The van der Waals surface area contributed by atoms with E-state index in [9.17, 15) is 0 Å². The van der Waals surface area contributed by atoms with Crippen molar-refractivity contribution in [3.63, 3.8) is 0 Å². The summed E-state index contributed by atoms with van der Waals surface area (Å²) in [6, 6.07) is 0.640. The van der Waals surface area contributed by atoms with Crippen LogP contribution in [0.3, 0.4) is 0 Å². The molecule has 84 valence electrons. The van der Waals surface area contributed by atoms with Gasteiger partial charge in [0.1, 0.15) is 0 Å². The highest BCUT2D eigenvalue weighted by atomic mass is 15.5. The molecule has 0 aliphatic carbocycles. The van der Waals surface area contributed by atoms with Crippen molar-refractivity contribution in [3.8, 4) is 0 Å². The van der Waals surface area contributed by atoms with Crippen LogP contribution < -0.4 is 0 Å². The zero-order valence-corrected chi connectivity index (χ0v) is 9.50. The minimum Gasteiger partial charge on any atom is -0.300 e. The predicted molar refractivity (Wildman–Crippen MR) is 59.0 cm³/mol. The van der Waals surface area contributed by atoms with Crippen LogP contribution in [0, 0.1) is 11.8 Å². The quantitative estimate of drug-likeness (QED) is 0.396. The minimum atomic E-state index is 0.640. The zero-order valence-electron chi connectivity index (χ0n) is 9.50. The van der Waals surface area contributed by atoms with E-state index in [1.807, 2.05) is 5.01 Å². The maximum atomic E-state index is 8.43. The van der Waals surface area contributed by atoms with Crippen LogP contribution in [-0.4, -0.2) is 42.1 Å². The third-order valence-electron chi connectivity index (χ3n) is 3.49. The van der Waals surface area contributed by atoms with Gasteiger partial charge in [0, 0.05) is 31.0 Å². The second-order valence-electron chi connectivity index (χ2n) is 5.07. The summed E-state index contributed by atoms with van der Waals surface area (Å²) in [6.07, 6.45) is 1.31. The van der Waals surface area contributed by atoms with Crippen molar-refractivity contribution in [2.24, 2.45) is 17.1 Å². The second kappa shape index (κ2) is 4.29. The van der Waals surface area contributed by atoms with Crippen molar-refractivity contribution in [3.05, 3.63) is 10.4 Å². The molecule has 0 saturated carbocycles. The lowest BCUT2D eigenvalue weighted by Gasteiger charge is -2.44. The normalized spacial score (nSPS) is 31.5. The molecular weight excluding hydrogens is 190 g/mol. The summed E-state index contributed by atoms with van der Waals surface area (Å²) in [6.45, 7) is 8.70. The molecule has 0 spiro atoms. The molecule has 15 heavy (non-hydrogen) atoms. The maximum Gasteiger partial charge on any atom is 0.0925 e. The van der Waals surface area contributed by atoms with Gasteiger partial charge in [-0.15, -0.1) is 5.53 Å². The van der Waals surface area contributed by atoms with Gasteiger partial charge in [-0.25, -0.2) is 5.01 Å². The van der Waals surface area contributed by atoms with Gasteiger partial charge in [-0.05, 0) is 25.5 Å². The fraction of sp³-hybridized carbons (Fsp3) is 1.00. The van der Waals surface area contributed by atoms with Gasteiger partial charge in [0.25, 0.3) is 0 Å². The Hall–Kier alpha value is -0.930. The van der Waals surface area contributed by atoms with E-state index in [1.165, 1.54) is 6.42 Å². The van der Waals surface area contributed by atoms with Crippen LogP contribution in [0.15, 0.2) is 5.22 Å². The molecule has 2 bridgehead atoms. The summed E-state index contributed by atoms with van der Waals surface area (Å²) in [5.41, 5.74) is 8.43. The topological polar surface area (TPSA) is 55.2 Å². The largest absolute Gasteiger partial charge is 0.300 e. The van der Waals surface area contributed by atoms with E-state index in [4.69, 9.17) is 5.53 Å². The Morgan fingerprint density at radius 2 is 1.80 bits per heavy atom. The summed E-state index contributed by atoms with van der Waals surface area (Å²) in [5.74, 6) is 1.37. The lowest BCUT2D eigenvalue weighted by atomic mass is 9.85. The van der Waals surface area contributed by atoms with Gasteiger partial charge in [-0.2, -0.15) is 4.91 Å². The van der Waals surface area contributed by atoms with Crippen molar-refractivity contribution in [1.29, 1.82) is 0 Å². The fourth-order valence-electron chi connectivity index (χ4n) is 2.84. The van der Waals surface area contributed by atoms with E-state index in [0.717, 1.165) is 26.2 Å². The Bertz CT molecular complexity index is 257. The number of hydrogen-bond donors (Lipinski definition) is 0. The zero-order chi connectivity index (χ0) is 10.8. The Balaban J connectivity index is 1.99. The van der Waals surface area contributed by atoms with Crippen molar-refractivity contribution >= 4 is 0 Å². The Labute approximate surface area is 90.6 Å². The summed E-state index contributed by atoms with van der Waals surface area (Å²) in [7, 11) is 0. The first kappa shape index (κ1) is 10.6. The van der Waals surface area contributed by atoms with Crippen LogP contribution >= 0.6 is 0 Å². The smallest absolute Gasteiger partial charge is 0.0925 e. The molecule has 0 N–H and O–H groups in total. The van der Waals surface area contributed by atoms with E-state index in [2.05, 4.69) is 28.9 Å². The molecule has 0 aromatic carbocycles. The molecule has 2 heterocycles. The van der Waals surface area contributed by atoms with Crippen LogP contribution in [0.5, 0.6) is 0 Å². The monoisotopic (exact) mass is 209 g/mol. The van der Waals surface area contributed by atoms with Crippen LogP contribution in [0.4, 0.5) is 0 Å². The molecule has 2 aliphatic rings. The lowest BCUT2D eigenvalue weighted by molar-refractivity contribution is 0.0177. The molecular formula is C10H19N5. The van der Waals surface area contributed by atoms with Crippen LogP contribution in [0.2, 0.25) is 0 Å². The summed E-state index contributed by atoms with van der Waals surface area (Å²) in [5, 5.41) is 5.63. The molecule has 2 unspecified atom stereocenters. The first-order valence-corrected chi connectivity index (χ1v) is 5.73. The van der Waals surface area contributed by atoms with E-state index >= 15 is 0 Å². The number of piperidine rings is 2. The third-order valence-corrected chi connectivity index (χ3v) is 3.49. The highest BCUT2D eigenvalue weighted by molar-refractivity contribution is 4.87. The average Bonchev–Trinajstić information content (AvgIpc) is 2.16. The van der Waals surface area contributed by atoms with Crippen molar-refractivity contribution in [2.45, 2.75) is 26.3 Å². The summed E-state index contributed by atoms with van der Waals surface area (Å²) in [4.78, 5) is 5.43. The molecule has 2 aliphatic heterocycles. The number of nitrogens with zero attached hydrogens (tertiary/aromatic N) is 5. The molecule has 2 atom stereocenters. The van der Waals surface area contributed by atoms with Crippen LogP contribution in [0.25, 0.3) is 10.4 Å². The van der Waals surface area contributed by atoms with Crippen molar-refractivity contribution < 1.29 is 0 Å². The number of azide groups is 1. The molecule has 2 fully saturated rings. The van der Waals surface area contributed by atoms with E-state index < -0.39 is 0 Å². The standard InChI is InChI=1S/C10H19N5/c1-8(2)14-4-9-3-10(5-14)7-15(6-9)13-12-11/h8-10H,3-7H2,1-2H3. The molecule has 5 heteroatoms. The molecule has 0 amide bonds. The molecule has 5 nitrogen and oxygen atoms in total. The molecule has 0 aromatic heterocycles. The van der Waals surface area contributed by atoms with E-state index in [-0.39, 0.29) is 0 Å². The third kappa shape index (κ3) is 2.36. The van der Waals surface area contributed by atoms with Gasteiger partial charge in [0.2, 0.25) is 0 Å². The minimum absolute atomic E-state index is 0.640. The van der Waals surface area contributed by atoms with Gasteiger partial charge in [0.15, 0.2) is 0 Å². The number of rotatable bonds is 2. The summed E-state index contributed by atoms with van der Waals surface area (Å²) >= 11 is 0. The first-order valence-electron chi connectivity index (χ1n) is 5.73. The fourth-order valence-corrected chi connectivity index (χ4v) is 2.84. The predicted octanol–water partition coefficient (Wildman–Crippen LogP) is 1.87. The van der Waals surface area contributed by atoms with Gasteiger partial charge in [-0.1, -0.05) is 0 Å². The molecule has 0 aromatic rings. The average molecular weight is 209 g/mol. The molecule has 2 saturated heterocycles. The van der Waals surface area contributed by atoms with Crippen molar-refractivity contribution in [1.82, 2.24) is 9.91 Å². The summed E-state index contributed by atoms with van der Waals surface area (Å²) < 4.78 is 0. The van der Waals surface area contributed by atoms with Crippen molar-refractivity contribution in [2.75, 3.05) is 26.2 Å². The van der Waals surface area contributed by atoms with Gasteiger partial charge in [0.05, 0.1) is 13.1 Å². The highest BCUT2D eigenvalue weighted by Gasteiger charge is 2.36. The van der Waals surface area contributed by atoms with Gasteiger partial charge < -0.3 is 4.90 Å². The Morgan fingerprint density at radius 1 is 1.20 bits per heavy atom. The number of hydrogen-bond acceptors (Lipinski definition) is 2. The van der Waals surface area contributed by atoms with E-state index in [0.29, 0.717) is 17.9 Å². The molecule has 0 radical (unpaired) electrons. The lowest BCUT2D eigenvalue weighted by Crippen LogP contribution is -2.52. The van der Waals surface area contributed by atoms with Crippen LogP contribution in [-0.2, 0) is 0 Å². The second-order valence-corrected chi connectivity index (χ2v) is 5.07. The van der Waals surface area contributed by atoms with Crippen LogP contribution in [0.1, 0.15) is 20.3 Å². The SMILES string of the molecule is CC(C)N1CC2CC(CN(N=[N+]=[N-])C2)C1. The maximum absolute atomic E-state index is 8.43. The van der Waals surface area contributed by atoms with Gasteiger partial charge >= 0.3 is 0 Å². The highest BCUT2D eigenvalue weighted by Crippen LogP contribution is 2.29. The van der Waals surface area contributed by atoms with Gasteiger partial charge in [-0.3, -0.25) is 0 Å². The first-order chi connectivity index (χ1) is 7.19.